The smallest absolute Gasteiger partial charge is 0.224 e. The number of nitrogens with zero attached hydrogens (tertiary/aromatic N) is 3. The Morgan fingerprint density at radius 2 is 2.18 bits per heavy atom. The SMILES string of the molecule is CNc1ncc(Cl)c(NC(C)CCN(C)C)n1. The average Bonchev–Trinajstić information content (AvgIpc) is 2.29. The third kappa shape index (κ3) is 4.75. The van der Waals surface area contributed by atoms with Gasteiger partial charge in [0.2, 0.25) is 5.95 Å². The lowest BCUT2D eigenvalue weighted by Gasteiger charge is -2.18. The van der Waals surface area contributed by atoms with Crippen LogP contribution in [0.25, 0.3) is 0 Å². The summed E-state index contributed by atoms with van der Waals surface area (Å²) >= 11 is 6.03. The molecule has 0 fully saturated rings. The molecule has 0 saturated heterocycles. The van der Waals surface area contributed by atoms with Crippen LogP contribution in [0.3, 0.4) is 0 Å². The van der Waals surface area contributed by atoms with Crippen LogP contribution in [0.4, 0.5) is 11.8 Å². The van der Waals surface area contributed by atoms with E-state index >= 15 is 0 Å². The third-order valence-corrected chi connectivity index (χ3v) is 2.64. The first kappa shape index (κ1) is 14.0. The van der Waals surface area contributed by atoms with E-state index in [2.05, 4.69) is 46.5 Å². The highest BCUT2D eigenvalue weighted by Gasteiger charge is 2.08. The van der Waals surface area contributed by atoms with Crippen molar-refractivity contribution >= 4 is 23.4 Å². The van der Waals surface area contributed by atoms with Gasteiger partial charge < -0.3 is 15.5 Å². The summed E-state index contributed by atoms with van der Waals surface area (Å²) in [7, 11) is 5.90. The maximum Gasteiger partial charge on any atom is 0.224 e. The van der Waals surface area contributed by atoms with Gasteiger partial charge in [0.05, 0.1) is 6.20 Å². The van der Waals surface area contributed by atoms with Gasteiger partial charge in [0.25, 0.3) is 0 Å². The van der Waals surface area contributed by atoms with Crippen molar-refractivity contribution in [2.45, 2.75) is 19.4 Å². The summed E-state index contributed by atoms with van der Waals surface area (Å²) in [5, 5.41) is 6.72. The Hall–Kier alpha value is -1.07. The Bertz CT molecular complexity index is 356. The van der Waals surface area contributed by atoms with Crippen LogP contribution in [0.1, 0.15) is 13.3 Å². The molecular formula is C11H20ClN5. The number of halogens is 1. The summed E-state index contributed by atoms with van der Waals surface area (Å²) < 4.78 is 0. The molecule has 0 radical (unpaired) electrons. The lowest BCUT2D eigenvalue weighted by Crippen LogP contribution is -2.23. The van der Waals surface area contributed by atoms with E-state index in [1.807, 2.05) is 0 Å². The van der Waals surface area contributed by atoms with E-state index < -0.39 is 0 Å². The fourth-order valence-electron chi connectivity index (χ4n) is 1.35. The summed E-state index contributed by atoms with van der Waals surface area (Å²) in [4.78, 5) is 10.5. The predicted molar refractivity (Wildman–Crippen MR) is 72.8 cm³/mol. The molecule has 0 aliphatic rings. The van der Waals surface area contributed by atoms with Crippen LogP contribution in [0.15, 0.2) is 6.20 Å². The standard InChI is InChI=1S/C11H20ClN5/c1-8(5-6-17(3)4)15-10-9(12)7-14-11(13-2)16-10/h7-8H,5-6H2,1-4H3,(H2,13,14,15,16). The van der Waals surface area contributed by atoms with Crippen molar-refractivity contribution < 1.29 is 0 Å². The van der Waals surface area contributed by atoms with E-state index in [1.54, 1.807) is 13.2 Å². The minimum atomic E-state index is 0.314. The zero-order valence-electron chi connectivity index (χ0n) is 10.8. The molecule has 0 aromatic carbocycles. The molecule has 2 N–H and O–H groups in total. The number of aromatic nitrogens is 2. The second kappa shape index (κ2) is 6.61. The van der Waals surface area contributed by atoms with Crippen molar-refractivity contribution in [3.63, 3.8) is 0 Å². The van der Waals surface area contributed by atoms with E-state index in [-0.39, 0.29) is 0 Å². The molecule has 1 atom stereocenters. The molecule has 1 heterocycles. The highest BCUT2D eigenvalue weighted by Crippen LogP contribution is 2.20. The molecule has 0 saturated carbocycles. The number of hydrogen-bond acceptors (Lipinski definition) is 5. The van der Waals surface area contributed by atoms with Crippen LogP contribution in [-0.4, -0.2) is 48.6 Å². The first-order chi connectivity index (χ1) is 8.02. The van der Waals surface area contributed by atoms with Gasteiger partial charge in [0.1, 0.15) is 5.02 Å². The van der Waals surface area contributed by atoms with Gasteiger partial charge in [0, 0.05) is 13.1 Å². The Morgan fingerprint density at radius 3 is 2.76 bits per heavy atom. The van der Waals surface area contributed by atoms with Crippen LogP contribution < -0.4 is 10.6 Å². The van der Waals surface area contributed by atoms with Gasteiger partial charge in [-0.25, -0.2) is 4.98 Å². The molecule has 96 valence electrons. The fourth-order valence-corrected chi connectivity index (χ4v) is 1.49. The highest BCUT2D eigenvalue weighted by molar-refractivity contribution is 6.32. The predicted octanol–water partition coefficient (Wildman–Crippen LogP) is 1.92. The Balaban J connectivity index is 2.60. The van der Waals surface area contributed by atoms with Gasteiger partial charge >= 0.3 is 0 Å². The van der Waals surface area contributed by atoms with Crippen LogP contribution in [0.2, 0.25) is 5.02 Å². The summed E-state index contributed by atoms with van der Waals surface area (Å²) in [5.41, 5.74) is 0. The molecule has 0 aliphatic carbocycles. The van der Waals surface area contributed by atoms with Crippen molar-refractivity contribution in [3.05, 3.63) is 11.2 Å². The summed E-state index contributed by atoms with van der Waals surface area (Å²) in [6.07, 6.45) is 2.63. The first-order valence-electron chi connectivity index (χ1n) is 5.64. The third-order valence-electron chi connectivity index (χ3n) is 2.36. The average molecular weight is 258 g/mol. The van der Waals surface area contributed by atoms with Crippen molar-refractivity contribution in [2.24, 2.45) is 0 Å². The van der Waals surface area contributed by atoms with Crippen molar-refractivity contribution in [3.8, 4) is 0 Å². The van der Waals surface area contributed by atoms with E-state index in [0.29, 0.717) is 22.8 Å². The molecule has 0 bridgehead atoms. The molecule has 0 spiro atoms. The largest absolute Gasteiger partial charge is 0.366 e. The van der Waals surface area contributed by atoms with E-state index in [9.17, 15) is 0 Å². The minimum Gasteiger partial charge on any atom is -0.366 e. The first-order valence-corrected chi connectivity index (χ1v) is 6.02. The maximum absolute atomic E-state index is 6.03. The summed E-state index contributed by atoms with van der Waals surface area (Å²) in [6.45, 7) is 3.14. The molecule has 1 aromatic heterocycles. The van der Waals surface area contributed by atoms with E-state index in [4.69, 9.17) is 11.6 Å². The van der Waals surface area contributed by atoms with Gasteiger partial charge in [0.15, 0.2) is 5.82 Å². The fraction of sp³-hybridized carbons (Fsp3) is 0.636. The van der Waals surface area contributed by atoms with Gasteiger partial charge in [-0.05, 0) is 34.0 Å². The van der Waals surface area contributed by atoms with Gasteiger partial charge in [-0.2, -0.15) is 4.98 Å². The summed E-state index contributed by atoms with van der Waals surface area (Å²) in [6, 6.07) is 0.314. The normalized spacial score (nSPS) is 12.6. The lowest BCUT2D eigenvalue weighted by molar-refractivity contribution is 0.390. The van der Waals surface area contributed by atoms with Crippen molar-refractivity contribution in [1.82, 2.24) is 14.9 Å². The van der Waals surface area contributed by atoms with Crippen LogP contribution in [0, 0.1) is 0 Å². The summed E-state index contributed by atoms with van der Waals surface area (Å²) in [5.74, 6) is 1.24. The van der Waals surface area contributed by atoms with Crippen molar-refractivity contribution in [1.29, 1.82) is 0 Å². The molecular weight excluding hydrogens is 238 g/mol. The van der Waals surface area contributed by atoms with E-state index in [0.717, 1.165) is 13.0 Å². The van der Waals surface area contributed by atoms with Crippen LogP contribution in [-0.2, 0) is 0 Å². The van der Waals surface area contributed by atoms with Gasteiger partial charge in [-0.15, -0.1) is 0 Å². The molecule has 0 aliphatic heterocycles. The quantitative estimate of drug-likeness (QED) is 0.816. The van der Waals surface area contributed by atoms with Crippen LogP contribution in [0.5, 0.6) is 0 Å². The second-order valence-electron chi connectivity index (χ2n) is 4.28. The number of rotatable bonds is 6. The molecule has 1 aromatic rings. The zero-order chi connectivity index (χ0) is 12.8. The number of hydrogen-bond donors (Lipinski definition) is 2. The lowest BCUT2D eigenvalue weighted by atomic mass is 10.2. The topological polar surface area (TPSA) is 53.1 Å². The Labute approximate surface area is 108 Å². The minimum absolute atomic E-state index is 0.314. The molecule has 5 nitrogen and oxygen atoms in total. The molecule has 6 heteroatoms. The molecule has 1 rings (SSSR count). The monoisotopic (exact) mass is 257 g/mol. The maximum atomic E-state index is 6.03. The highest BCUT2D eigenvalue weighted by atomic mass is 35.5. The van der Waals surface area contributed by atoms with E-state index in [1.165, 1.54) is 0 Å². The van der Waals surface area contributed by atoms with Gasteiger partial charge in [-0.3, -0.25) is 0 Å². The van der Waals surface area contributed by atoms with Crippen molar-refractivity contribution in [2.75, 3.05) is 38.3 Å². The van der Waals surface area contributed by atoms with Crippen LogP contribution >= 0.6 is 11.6 Å². The molecule has 0 amide bonds. The Kier molecular flexibility index (Phi) is 5.44. The Morgan fingerprint density at radius 1 is 1.47 bits per heavy atom. The number of anilines is 2. The molecule has 1 unspecified atom stereocenters. The molecule has 17 heavy (non-hydrogen) atoms. The zero-order valence-corrected chi connectivity index (χ0v) is 11.5. The second-order valence-corrected chi connectivity index (χ2v) is 4.68. The van der Waals surface area contributed by atoms with Gasteiger partial charge in [-0.1, -0.05) is 11.6 Å². The number of nitrogens with one attached hydrogen (secondary N) is 2.